The van der Waals surface area contributed by atoms with Crippen LogP contribution in [0.15, 0.2) is 36.7 Å². The lowest BCUT2D eigenvalue weighted by molar-refractivity contribution is 0.686. The predicted molar refractivity (Wildman–Crippen MR) is 87.3 cm³/mol. The van der Waals surface area contributed by atoms with Crippen LogP contribution < -0.4 is 0 Å². The average Bonchev–Trinajstić information content (AvgIpc) is 2.91. The van der Waals surface area contributed by atoms with Crippen molar-refractivity contribution in [1.82, 2.24) is 9.38 Å². The average molecular weight is 317 g/mol. The fourth-order valence-electron chi connectivity index (χ4n) is 3.06. The molecule has 2 nitrogen and oxygen atoms in total. The minimum Gasteiger partial charge on any atom is -0.304 e. The van der Waals surface area contributed by atoms with Gasteiger partial charge in [-0.05, 0) is 48.9 Å². The first-order valence-corrected chi connectivity index (χ1v) is 7.92. The van der Waals surface area contributed by atoms with Gasteiger partial charge < -0.3 is 4.40 Å². The Morgan fingerprint density at radius 2 is 1.76 bits per heavy atom. The quantitative estimate of drug-likeness (QED) is 0.604. The smallest absolute Gasteiger partial charge is 0.156 e. The molecule has 2 heterocycles. The summed E-state index contributed by atoms with van der Waals surface area (Å²) in [6, 6.07) is 8.39. The van der Waals surface area contributed by atoms with E-state index in [0.717, 1.165) is 16.9 Å². The van der Waals surface area contributed by atoms with E-state index in [1.54, 1.807) is 6.07 Å². The van der Waals surface area contributed by atoms with Gasteiger partial charge in [0.1, 0.15) is 0 Å². The van der Waals surface area contributed by atoms with Gasteiger partial charge in [-0.2, -0.15) is 0 Å². The van der Waals surface area contributed by atoms with Crippen molar-refractivity contribution in [1.29, 1.82) is 0 Å². The maximum atomic E-state index is 6.21. The zero-order valence-corrected chi connectivity index (χ0v) is 13.0. The van der Waals surface area contributed by atoms with E-state index in [1.165, 1.54) is 36.8 Å². The summed E-state index contributed by atoms with van der Waals surface area (Å²) in [5.41, 5.74) is 5.77. The number of imidazole rings is 1. The van der Waals surface area contributed by atoms with Crippen molar-refractivity contribution in [3.63, 3.8) is 0 Å². The van der Waals surface area contributed by atoms with Crippen molar-refractivity contribution >= 4 is 28.8 Å². The molecule has 0 N–H and O–H groups in total. The van der Waals surface area contributed by atoms with Crippen molar-refractivity contribution in [3.8, 4) is 11.3 Å². The Labute approximate surface area is 133 Å². The van der Waals surface area contributed by atoms with Gasteiger partial charge in [-0.15, -0.1) is 0 Å². The van der Waals surface area contributed by atoms with E-state index in [1.807, 2.05) is 16.8 Å². The highest BCUT2D eigenvalue weighted by Crippen LogP contribution is 2.29. The number of aromatic nitrogens is 2. The topological polar surface area (TPSA) is 17.3 Å². The minimum atomic E-state index is 0.576. The molecule has 0 unspecified atom stereocenters. The molecule has 0 bridgehead atoms. The molecular weight excluding hydrogens is 303 g/mol. The third kappa shape index (κ3) is 2.33. The maximum absolute atomic E-state index is 6.21. The highest BCUT2D eigenvalue weighted by molar-refractivity contribution is 6.36. The fraction of sp³-hybridized carbons (Fsp3) is 0.235. The van der Waals surface area contributed by atoms with Gasteiger partial charge in [0.25, 0.3) is 0 Å². The van der Waals surface area contributed by atoms with Gasteiger partial charge in [0.05, 0.1) is 15.7 Å². The number of benzene rings is 1. The van der Waals surface area contributed by atoms with Crippen LogP contribution in [0.4, 0.5) is 0 Å². The molecule has 1 aliphatic carbocycles. The number of nitrogens with zero attached hydrogens (tertiary/aromatic N) is 2. The molecule has 3 aromatic rings. The van der Waals surface area contributed by atoms with E-state index in [4.69, 9.17) is 23.2 Å². The Balaban J connectivity index is 1.84. The van der Waals surface area contributed by atoms with Gasteiger partial charge in [-0.25, -0.2) is 4.98 Å². The lowest BCUT2D eigenvalue weighted by atomic mass is 9.90. The van der Waals surface area contributed by atoms with Gasteiger partial charge >= 0.3 is 0 Å². The molecular formula is C17H14Cl2N2. The van der Waals surface area contributed by atoms with E-state index in [-0.39, 0.29) is 0 Å². The minimum absolute atomic E-state index is 0.576. The Hall–Kier alpha value is -1.51. The second-order valence-corrected chi connectivity index (χ2v) is 6.40. The van der Waals surface area contributed by atoms with Gasteiger partial charge in [0.15, 0.2) is 5.65 Å². The Bertz CT molecular complexity index is 836. The molecule has 106 valence electrons. The molecule has 0 atom stereocenters. The number of aryl methyl sites for hydroxylation is 2. The molecule has 0 saturated heterocycles. The molecule has 0 radical (unpaired) electrons. The van der Waals surface area contributed by atoms with Crippen LogP contribution in [0, 0.1) is 0 Å². The van der Waals surface area contributed by atoms with E-state index < -0.39 is 0 Å². The zero-order chi connectivity index (χ0) is 14.4. The number of hydrogen-bond donors (Lipinski definition) is 0. The van der Waals surface area contributed by atoms with Crippen LogP contribution in [0.1, 0.15) is 24.0 Å². The Morgan fingerprint density at radius 3 is 2.62 bits per heavy atom. The van der Waals surface area contributed by atoms with E-state index in [0.29, 0.717) is 10.0 Å². The summed E-state index contributed by atoms with van der Waals surface area (Å²) in [5, 5.41) is 1.19. The molecule has 0 saturated carbocycles. The Morgan fingerprint density at radius 1 is 0.952 bits per heavy atom. The fourth-order valence-corrected chi connectivity index (χ4v) is 3.58. The van der Waals surface area contributed by atoms with Crippen LogP contribution >= 0.6 is 23.2 Å². The highest BCUT2D eigenvalue weighted by Gasteiger charge is 2.13. The monoisotopic (exact) mass is 316 g/mol. The first-order chi connectivity index (χ1) is 10.2. The number of fused-ring (bicyclic) bond motifs is 2. The van der Waals surface area contributed by atoms with Crippen LogP contribution in [-0.2, 0) is 12.8 Å². The third-order valence-electron chi connectivity index (χ3n) is 4.12. The lowest BCUT2D eigenvalue weighted by Gasteiger charge is -2.15. The summed E-state index contributed by atoms with van der Waals surface area (Å²) >= 11 is 12.3. The summed E-state index contributed by atoms with van der Waals surface area (Å²) < 4.78 is 1.89. The van der Waals surface area contributed by atoms with Crippen LogP contribution in [0.2, 0.25) is 10.0 Å². The van der Waals surface area contributed by atoms with Gasteiger partial charge in [-0.1, -0.05) is 35.3 Å². The van der Waals surface area contributed by atoms with Crippen LogP contribution in [0.5, 0.6) is 0 Å². The molecule has 0 spiro atoms. The van der Waals surface area contributed by atoms with Crippen molar-refractivity contribution in [2.75, 3.05) is 0 Å². The summed E-state index contributed by atoms with van der Waals surface area (Å²) in [4.78, 5) is 4.64. The molecule has 1 aliphatic rings. The molecule has 0 amide bonds. The van der Waals surface area contributed by atoms with Crippen LogP contribution in [0.3, 0.4) is 0 Å². The summed E-state index contributed by atoms with van der Waals surface area (Å²) in [6.07, 6.45) is 8.76. The third-order valence-corrected chi connectivity index (χ3v) is 4.60. The number of halogens is 2. The molecule has 0 aliphatic heterocycles. The molecule has 21 heavy (non-hydrogen) atoms. The SMILES string of the molecule is Clc1cc(Cl)c2nc(-c3ccc4c(c3)CCCC4)cn2c1. The Kier molecular flexibility index (Phi) is 3.16. The second-order valence-electron chi connectivity index (χ2n) is 5.55. The molecule has 0 fully saturated rings. The molecule has 4 rings (SSSR count). The number of hydrogen-bond acceptors (Lipinski definition) is 1. The van der Waals surface area contributed by atoms with Crippen LogP contribution in [-0.4, -0.2) is 9.38 Å². The van der Waals surface area contributed by atoms with Crippen molar-refractivity contribution in [3.05, 3.63) is 57.8 Å². The standard InChI is InChI=1S/C17H14Cl2N2/c18-14-8-15(19)17-20-16(10-21(17)9-14)13-6-5-11-3-1-2-4-12(11)7-13/h5-10H,1-4H2. The van der Waals surface area contributed by atoms with Crippen molar-refractivity contribution in [2.45, 2.75) is 25.7 Å². The molecule has 1 aromatic carbocycles. The molecule has 4 heteroatoms. The number of rotatable bonds is 1. The zero-order valence-electron chi connectivity index (χ0n) is 11.4. The highest BCUT2D eigenvalue weighted by atomic mass is 35.5. The summed E-state index contributed by atoms with van der Waals surface area (Å²) in [6.45, 7) is 0. The van der Waals surface area contributed by atoms with Gasteiger partial charge in [-0.3, -0.25) is 0 Å². The van der Waals surface area contributed by atoms with E-state index in [9.17, 15) is 0 Å². The summed E-state index contributed by atoms with van der Waals surface area (Å²) in [7, 11) is 0. The second kappa shape index (κ2) is 5.04. The first-order valence-electron chi connectivity index (χ1n) is 7.17. The van der Waals surface area contributed by atoms with Gasteiger partial charge in [0, 0.05) is 18.0 Å². The van der Waals surface area contributed by atoms with E-state index >= 15 is 0 Å². The van der Waals surface area contributed by atoms with Crippen LogP contribution in [0.25, 0.3) is 16.9 Å². The van der Waals surface area contributed by atoms with Crippen molar-refractivity contribution in [2.24, 2.45) is 0 Å². The molecule has 2 aromatic heterocycles. The maximum Gasteiger partial charge on any atom is 0.156 e. The lowest BCUT2D eigenvalue weighted by Crippen LogP contribution is -2.02. The largest absolute Gasteiger partial charge is 0.304 e. The normalized spacial score (nSPS) is 14.4. The first kappa shape index (κ1) is 13.2. The summed E-state index contributed by atoms with van der Waals surface area (Å²) in [5.74, 6) is 0. The van der Waals surface area contributed by atoms with Crippen molar-refractivity contribution < 1.29 is 0 Å². The number of pyridine rings is 1. The van der Waals surface area contributed by atoms with Gasteiger partial charge in [0.2, 0.25) is 0 Å². The van der Waals surface area contributed by atoms with E-state index in [2.05, 4.69) is 23.2 Å². The predicted octanol–water partition coefficient (Wildman–Crippen LogP) is 5.19.